The van der Waals surface area contributed by atoms with Crippen LogP contribution in [0.5, 0.6) is 0 Å². The fraction of sp³-hybridized carbons (Fsp3) is 0.538. The van der Waals surface area contributed by atoms with Crippen LogP contribution in [0.15, 0.2) is 35.2 Å². The maximum Gasteiger partial charge on any atom is 0.240 e. The van der Waals surface area contributed by atoms with Crippen LogP contribution in [0.1, 0.15) is 32.6 Å². The predicted molar refractivity (Wildman–Crippen MR) is 142 cm³/mol. The molecule has 3 amide bonds. The average Bonchev–Trinajstić information content (AvgIpc) is 3.26. The molecule has 3 fully saturated rings. The lowest BCUT2D eigenvalue weighted by atomic mass is 9.79. The second kappa shape index (κ2) is 10.5. The first-order valence-electron chi connectivity index (χ1n) is 13.1. The molecule has 2 N–H and O–H groups in total. The lowest BCUT2D eigenvalue weighted by molar-refractivity contribution is -0.138. The number of hydrogen-bond donors (Lipinski definition) is 2. The van der Waals surface area contributed by atoms with Crippen LogP contribution in [0.25, 0.3) is 10.9 Å². The standard InChI is InChI=1S/C26H34N6O5S/c1-19(33)30-11-13-31(14-12-30)25(35)7-9-28-38(36,37)21-4-5-22-20(15-21)3-6-23(29-22)32-10-2-8-26(18-32)16-24(34)27-17-26/h3-6,15,28H,2,7-14,16-18H2,1H3,(H,27,34). The van der Waals surface area contributed by atoms with Crippen LogP contribution in [0.2, 0.25) is 0 Å². The molecule has 3 aliphatic heterocycles. The van der Waals surface area contributed by atoms with Gasteiger partial charge in [0.1, 0.15) is 5.82 Å². The largest absolute Gasteiger partial charge is 0.356 e. The third kappa shape index (κ3) is 5.60. The van der Waals surface area contributed by atoms with Gasteiger partial charge in [0.25, 0.3) is 0 Å². The second-order valence-electron chi connectivity index (χ2n) is 10.5. The predicted octanol–water partition coefficient (Wildman–Crippen LogP) is 0.700. The second-order valence-corrected chi connectivity index (χ2v) is 12.3. The molecule has 38 heavy (non-hydrogen) atoms. The quantitative estimate of drug-likeness (QED) is 0.549. The van der Waals surface area contributed by atoms with Gasteiger partial charge in [-0.15, -0.1) is 0 Å². The smallest absolute Gasteiger partial charge is 0.240 e. The Morgan fingerprint density at radius 3 is 2.55 bits per heavy atom. The molecule has 1 spiro atoms. The zero-order chi connectivity index (χ0) is 26.9. The van der Waals surface area contributed by atoms with Crippen molar-refractivity contribution < 1.29 is 22.8 Å². The van der Waals surface area contributed by atoms with Gasteiger partial charge in [-0.25, -0.2) is 18.1 Å². The van der Waals surface area contributed by atoms with E-state index in [1.165, 1.54) is 13.0 Å². The molecule has 0 radical (unpaired) electrons. The van der Waals surface area contributed by atoms with E-state index in [-0.39, 0.29) is 41.0 Å². The summed E-state index contributed by atoms with van der Waals surface area (Å²) in [7, 11) is -3.80. The summed E-state index contributed by atoms with van der Waals surface area (Å²) in [6, 6.07) is 8.60. The van der Waals surface area contributed by atoms with Crippen LogP contribution in [-0.4, -0.2) is 93.3 Å². The van der Waals surface area contributed by atoms with Gasteiger partial charge < -0.3 is 20.0 Å². The highest BCUT2D eigenvalue weighted by atomic mass is 32.2. The van der Waals surface area contributed by atoms with Crippen LogP contribution in [0, 0.1) is 5.41 Å². The molecule has 5 rings (SSSR count). The molecule has 11 nitrogen and oxygen atoms in total. The van der Waals surface area contributed by atoms with Crippen LogP contribution >= 0.6 is 0 Å². The first kappa shape index (κ1) is 26.4. The molecule has 1 aromatic carbocycles. The fourth-order valence-corrected chi connectivity index (χ4v) is 6.75. The van der Waals surface area contributed by atoms with Crippen molar-refractivity contribution in [3.63, 3.8) is 0 Å². The maximum atomic E-state index is 12.9. The summed E-state index contributed by atoms with van der Waals surface area (Å²) in [4.78, 5) is 46.2. The Hall–Kier alpha value is -3.25. The molecule has 0 aliphatic carbocycles. The van der Waals surface area contributed by atoms with Crippen molar-refractivity contribution in [3.05, 3.63) is 30.3 Å². The van der Waals surface area contributed by atoms with Crippen molar-refractivity contribution in [1.82, 2.24) is 24.8 Å². The average molecular weight is 543 g/mol. The maximum absolute atomic E-state index is 12.9. The van der Waals surface area contributed by atoms with Crippen molar-refractivity contribution in [2.75, 3.05) is 57.3 Å². The highest BCUT2D eigenvalue weighted by Crippen LogP contribution is 2.37. The normalized spacial score (nSPS) is 22.2. The Balaban J connectivity index is 1.19. The van der Waals surface area contributed by atoms with Crippen molar-refractivity contribution in [3.8, 4) is 0 Å². The summed E-state index contributed by atoms with van der Waals surface area (Å²) < 4.78 is 28.3. The van der Waals surface area contributed by atoms with Crippen LogP contribution in [-0.2, 0) is 24.4 Å². The Morgan fingerprint density at radius 2 is 1.84 bits per heavy atom. The Morgan fingerprint density at radius 1 is 1.08 bits per heavy atom. The zero-order valence-electron chi connectivity index (χ0n) is 21.6. The molecule has 12 heteroatoms. The van der Waals surface area contributed by atoms with Crippen LogP contribution in [0.3, 0.4) is 0 Å². The number of sulfonamides is 1. The lowest BCUT2D eigenvalue weighted by Crippen LogP contribution is -2.50. The van der Waals surface area contributed by atoms with Crippen molar-refractivity contribution >= 4 is 44.5 Å². The number of piperidine rings is 1. The fourth-order valence-electron chi connectivity index (χ4n) is 5.68. The van der Waals surface area contributed by atoms with Gasteiger partial charge in [-0.05, 0) is 43.2 Å². The molecule has 1 aromatic heterocycles. The highest BCUT2D eigenvalue weighted by molar-refractivity contribution is 7.89. The summed E-state index contributed by atoms with van der Waals surface area (Å²) in [6.07, 6.45) is 2.62. The summed E-state index contributed by atoms with van der Waals surface area (Å²) >= 11 is 0. The topological polar surface area (TPSA) is 132 Å². The minimum absolute atomic E-state index is 0.00259. The molecule has 2 aromatic rings. The first-order chi connectivity index (χ1) is 18.1. The number of hydrogen-bond acceptors (Lipinski definition) is 7. The molecule has 3 saturated heterocycles. The molecule has 3 aliphatic rings. The van der Waals surface area contributed by atoms with Crippen molar-refractivity contribution in [2.24, 2.45) is 5.41 Å². The Kier molecular flexibility index (Phi) is 7.28. The van der Waals surface area contributed by atoms with Gasteiger partial charge in [-0.2, -0.15) is 0 Å². The van der Waals surface area contributed by atoms with Gasteiger partial charge in [0, 0.05) is 82.9 Å². The summed E-state index contributed by atoms with van der Waals surface area (Å²) in [5.74, 6) is 0.791. The number of carbonyl (C=O) groups is 3. The summed E-state index contributed by atoms with van der Waals surface area (Å²) in [5, 5.41) is 3.67. The molecule has 4 heterocycles. The molecule has 1 atom stereocenters. The van der Waals surface area contributed by atoms with Gasteiger partial charge in [-0.1, -0.05) is 0 Å². The Labute approximate surface area is 222 Å². The van der Waals surface area contributed by atoms with Crippen molar-refractivity contribution in [2.45, 2.75) is 37.5 Å². The number of nitrogens with one attached hydrogen (secondary N) is 2. The molecular formula is C26H34N6O5S. The first-order valence-corrected chi connectivity index (χ1v) is 14.6. The van der Waals surface area contributed by atoms with Crippen molar-refractivity contribution in [1.29, 1.82) is 0 Å². The third-order valence-electron chi connectivity index (χ3n) is 7.85. The number of aromatic nitrogens is 1. The van der Waals surface area contributed by atoms with E-state index in [9.17, 15) is 22.8 Å². The monoisotopic (exact) mass is 542 g/mol. The van der Waals surface area contributed by atoms with E-state index < -0.39 is 10.0 Å². The number of amides is 3. The third-order valence-corrected chi connectivity index (χ3v) is 9.31. The zero-order valence-corrected chi connectivity index (χ0v) is 22.4. The molecule has 0 bridgehead atoms. The van der Waals surface area contributed by atoms with Gasteiger partial charge in [0.15, 0.2) is 0 Å². The minimum Gasteiger partial charge on any atom is -0.356 e. The molecule has 204 valence electrons. The van der Waals surface area contributed by atoms with Gasteiger partial charge >= 0.3 is 0 Å². The minimum atomic E-state index is -3.80. The van der Waals surface area contributed by atoms with Gasteiger partial charge in [-0.3, -0.25) is 14.4 Å². The van der Waals surface area contributed by atoms with Crippen LogP contribution in [0.4, 0.5) is 5.82 Å². The number of pyridine rings is 1. The van der Waals surface area contributed by atoms with E-state index in [2.05, 4.69) is 14.9 Å². The van der Waals surface area contributed by atoms with Gasteiger partial charge in [0.05, 0.1) is 10.4 Å². The number of piperazine rings is 1. The molecule has 1 unspecified atom stereocenters. The molecule has 0 saturated carbocycles. The number of fused-ring (bicyclic) bond motifs is 1. The Bertz CT molecular complexity index is 1360. The van der Waals surface area contributed by atoms with E-state index in [4.69, 9.17) is 4.98 Å². The number of nitrogens with zero attached hydrogens (tertiary/aromatic N) is 4. The molecular weight excluding hydrogens is 508 g/mol. The number of rotatable bonds is 6. The number of carbonyl (C=O) groups excluding carboxylic acids is 3. The SMILES string of the molecule is CC(=O)N1CCN(C(=O)CCNS(=O)(=O)c2ccc3nc(N4CCCC5(CNC(=O)C5)C4)ccc3c2)CC1. The van der Waals surface area contributed by atoms with E-state index >= 15 is 0 Å². The number of anilines is 1. The summed E-state index contributed by atoms with van der Waals surface area (Å²) in [6.45, 7) is 5.75. The lowest BCUT2D eigenvalue weighted by Gasteiger charge is -2.40. The van der Waals surface area contributed by atoms with Gasteiger partial charge in [0.2, 0.25) is 27.7 Å². The van der Waals surface area contributed by atoms with Crippen LogP contribution < -0.4 is 14.9 Å². The van der Waals surface area contributed by atoms with E-state index in [0.29, 0.717) is 50.0 Å². The van der Waals surface area contributed by atoms with E-state index in [1.807, 2.05) is 12.1 Å². The van der Waals surface area contributed by atoms with E-state index in [1.54, 1.807) is 21.9 Å². The van der Waals surface area contributed by atoms with E-state index in [0.717, 1.165) is 31.7 Å². The highest BCUT2D eigenvalue weighted by Gasteiger charge is 2.42. The summed E-state index contributed by atoms with van der Waals surface area (Å²) in [5.41, 5.74) is 0.654. The number of benzene rings is 1.